The Morgan fingerprint density at radius 3 is 1.03 bits per heavy atom. The van der Waals surface area contributed by atoms with Crippen LogP contribution in [0.25, 0.3) is 0 Å². The van der Waals surface area contributed by atoms with Crippen LogP contribution in [0.2, 0.25) is 0 Å². The highest BCUT2D eigenvalue weighted by atomic mass is 31.2. The van der Waals surface area contributed by atoms with E-state index in [0.29, 0.717) is 19.3 Å². The lowest BCUT2D eigenvalue weighted by molar-refractivity contribution is -0.161. The molecule has 0 heterocycles. The minimum atomic E-state index is -4.91. The Labute approximate surface area is 454 Å². The molecule has 18 heteroatoms. The Hall–Kier alpha value is -1.97. The lowest BCUT2D eigenvalue weighted by Crippen LogP contribution is -2.30. The van der Waals surface area contributed by atoms with Gasteiger partial charge in [-0.15, -0.1) is 0 Å². The molecule has 0 aliphatic rings. The van der Waals surface area contributed by atoms with E-state index in [2.05, 4.69) is 45.1 Å². The van der Waals surface area contributed by atoms with Crippen LogP contribution in [-0.2, 0) is 55.8 Å². The summed E-state index contributed by atoms with van der Waals surface area (Å²) in [5.41, 5.74) is 0. The lowest BCUT2D eigenvalue weighted by atomic mass is 10.0. The van der Waals surface area contributed by atoms with Crippen molar-refractivity contribution in [3.63, 3.8) is 0 Å². The fraction of sp³-hybridized carbons (Fsp3) is 0.877. The third-order valence-corrected chi connectivity index (χ3v) is 14.6. The molecule has 75 heavy (non-hydrogen) atoms. The second-order valence-corrected chi connectivity index (χ2v) is 23.1. The third kappa shape index (κ3) is 53.8. The summed E-state index contributed by atoms with van der Waals surface area (Å²) in [6.07, 6.45) is 44.0. The summed E-state index contributed by atoms with van der Waals surface area (Å²) in [6.45, 7) is 2.60. The van der Waals surface area contributed by atoms with Gasteiger partial charge in [0.25, 0.3) is 0 Å². The summed E-state index contributed by atoms with van der Waals surface area (Å²) >= 11 is 0. The van der Waals surface area contributed by atoms with E-state index in [9.17, 15) is 43.5 Å². The number of esters is 3. The average molecular weight is 1110 g/mol. The summed E-state index contributed by atoms with van der Waals surface area (Å²) < 4.78 is 60.5. The molecular formula is C57H108O16P2. The van der Waals surface area contributed by atoms with Crippen LogP contribution in [-0.4, -0.2) is 95.9 Å². The molecule has 4 N–H and O–H groups in total. The van der Waals surface area contributed by atoms with Gasteiger partial charge in [0, 0.05) is 19.3 Å². The van der Waals surface area contributed by atoms with Gasteiger partial charge in [0.2, 0.25) is 0 Å². The minimum Gasteiger partial charge on any atom is -0.463 e. The lowest BCUT2D eigenvalue weighted by Gasteiger charge is -2.21. The Balaban J connectivity index is 4.63. The first-order chi connectivity index (χ1) is 36.2. The zero-order valence-corrected chi connectivity index (χ0v) is 49.0. The molecule has 0 rings (SSSR count). The molecule has 0 aliphatic carbocycles. The second kappa shape index (κ2) is 52.7. The van der Waals surface area contributed by atoms with Gasteiger partial charge in [0.05, 0.1) is 26.4 Å². The van der Waals surface area contributed by atoms with E-state index in [1.165, 1.54) is 109 Å². The molecule has 0 spiro atoms. The van der Waals surface area contributed by atoms with Crippen LogP contribution in [0, 0.1) is 0 Å². The Kier molecular flexibility index (Phi) is 51.3. The highest BCUT2D eigenvalue weighted by molar-refractivity contribution is 7.47. The zero-order chi connectivity index (χ0) is 55.4. The number of carbonyl (C=O) groups is 3. The van der Waals surface area contributed by atoms with Crippen LogP contribution >= 0.6 is 15.6 Å². The summed E-state index contributed by atoms with van der Waals surface area (Å²) in [5.74, 6) is -1.58. The van der Waals surface area contributed by atoms with Crippen molar-refractivity contribution < 1.29 is 75.8 Å². The first-order valence-electron chi connectivity index (χ1n) is 29.6. The number of phosphoric acid groups is 2. The SMILES string of the molecule is CCCC/C=C\CCCCCCCC(=O)OC(COC(=O)CCCCCCC/C=C\CCCCCC)COP(=O)(O)OCC(O)COP(=O)(O)OCC(O)COC(=O)CCCCCCCCCCCCCCCCC. The van der Waals surface area contributed by atoms with Gasteiger partial charge in [-0.2, -0.15) is 0 Å². The monoisotopic (exact) mass is 1110 g/mol. The molecule has 0 amide bonds. The van der Waals surface area contributed by atoms with Gasteiger partial charge < -0.3 is 34.2 Å². The molecule has 0 bridgehead atoms. The van der Waals surface area contributed by atoms with Crippen LogP contribution in [0.4, 0.5) is 0 Å². The number of aliphatic hydroxyl groups is 2. The van der Waals surface area contributed by atoms with E-state index >= 15 is 0 Å². The van der Waals surface area contributed by atoms with Crippen LogP contribution in [0.1, 0.15) is 265 Å². The van der Waals surface area contributed by atoms with Gasteiger partial charge in [0.15, 0.2) is 6.10 Å². The van der Waals surface area contributed by atoms with Crippen molar-refractivity contribution in [2.75, 3.05) is 39.6 Å². The molecule has 0 aromatic carbocycles. The van der Waals surface area contributed by atoms with Crippen molar-refractivity contribution in [3.8, 4) is 0 Å². The summed E-state index contributed by atoms with van der Waals surface area (Å²) in [4.78, 5) is 57.9. The van der Waals surface area contributed by atoms with Crippen molar-refractivity contribution in [1.29, 1.82) is 0 Å². The number of allylic oxidation sites excluding steroid dienone is 4. The van der Waals surface area contributed by atoms with Crippen LogP contribution in [0.15, 0.2) is 24.3 Å². The molecule has 0 aliphatic heterocycles. The fourth-order valence-corrected chi connectivity index (χ4v) is 9.60. The first-order valence-corrected chi connectivity index (χ1v) is 32.6. The Morgan fingerprint density at radius 1 is 0.360 bits per heavy atom. The van der Waals surface area contributed by atoms with Crippen molar-refractivity contribution >= 4 is 33.6 Å². The topological polar surface area (TPSA) is 231 Å². The standard InChI is InChI=1S/C57H108O16P2/c1-4-7-10-13-16-19-22-24-25-27-30-31-34-37-40-43-55(60)67-46-52(58)47-69-74(63,64)70-48-53(59)49-71-75(65,66)72-51-54(73-57(62)45-42-39-36-33-28-21-18-15-12-9-6-3)50-68-56(61)44-41-38-35-32-29-26-23-20-17-14-11-8-5-2/h15,18,20,23,52-54,58-59H,4-14,16-17,19,21-22,24-51H2,1-3H3,(H,63,64)(H,65,66)/b18-15-,23-20-. The zero-order valence-electron chi connectivity index (χ0n) is 47.2. The molecular weight excluding hydrogens is 1000 g/mol. The van der Waals surface area contributed by atoms with Crippen molar-refractivity contribution in [2.45, 2.75) is 283 Å². The van der Waals surface area contributed by atoms with Gasteiger partial charge in [-0.05, 0) is 64.2 Å². The Bertz CT molecular complexity index is 1500. The Morgan fingerprint density at radius 2 is 0.640 bits per heavy atom. The van der Waals surface area contributed by atoms with Gasteiger partial charge in [-0.25, -0.2) is 9.13 Å². The van der Waals surface area contributed by atoms with Crippen molar-refractivity contribution in [1.82, 2.24) is 0 Å². The number of carbonyl (C=O) groups excluding carboxylic acids is 3. The smallest absolute Gasteiger partial charge is 0.463 e. The van der Waals surface area contributed by atoms with E-state index < -0.39 is 91.5 Å². The number of phosphoric ester groups is 2. The molecule has 0 aromatic heterocycles. The van der Waals surface area contributed by atoms with E-state index in [0.717, 1.165) is 96.3 Å². The van der Waals surface area contributed by atoms with Crippen LogP contribution in [0.5, 0.6) is 0 Å². The quantitative estimate of drug-likeness (QED) is 0.0146. The number of ether oxygens (including phenoxy) is 3. The highest BCUT2D eigenvalue weighted by Crippen LogP contribution is 2.45. The molecule has 0 fully saturated rings. The first kappa shape index (κ1) is 73.0. The molecule has 5 atom stereocenters. The van der Waals surface area contributed by atoms with E-state index in [1.54, 1.807) is 0 Å². The predicted octanol–water partition coefficient (Wildman–Crippen LogP) is 15.0. The van der Waals surface area contributed by atoms with Gasteiger partial charge in [-0.1, -0.05) is 206 Å². The second-order valence-electron chi connectivity index (χ2n) is 20.2. The number of hydrogen-bond acceptors (Lipinski definition) is 14. The van der Waals surface area contributed by atoms with E-state index in [1.807, 2.05) is 0 Å². The normalized spacial score (nSPS) is 14.7. The largest absolute Gasteiger partial charge is 0.472 e. The average Bonchev–Trinajstić information content (AvgIpc) is 3.38. The third-order valence-electron chi connectivity index (χ3n) is 12.6. The van der Waals surface area contributed by atoms with Crippen LogP contribution < -0.4 is 0 Å². The summed E-state index contributed by atoms with van der Waals surface area (Å²) in [7, 11) is -9.74. The fourth-order valence-electron chi connectivity index (χ4n) is 8.02. The number of unbranched alkanes of at least 4 members (excludes halogenated alkanes) is 30. The van der Waals surface area contributed by atoms with Gasteiger partial charge in [0.1, 0.15) is 25.4 Å². The highest BCUT2D eigenvalue weighted by Gasteiger charge is 2.29. The molecule has 5 unspecified atom stereocenters. The molecule has 0 saturated heterocycles. The van der Waals surface area contributed by atoms with E-state index in [-0.39, 0.29) is 19.3 Å². The van der Waals surface area contributed by atoms with Crippen molar-refractivity contribution in [2.24, 2.45) is 0 Å². The molecule has 442 valence electrons. The summed E-state index contributed by atoms with van der Waals surface area (Å²) in [5, 5.41) is 20.4. The number of rotatable bonds is 57. The molecule has 0 saturated carbocycles. The van der Waals surface area contributed by atoms with E-state index in [4.69, 9.17) is 32.3 Å². The van der Waals surface area contributed by atoms with Crippen molar-refractivity contribution in [3.05, 3.63) is 24.3 Å². The molecule has 0 radical (unpaired) electrons. The minimum absolute atomic E-state index is 0.0973. The van der Waals surface area contributed by atoms with Crippen LogP contribution in [0.3, 0.4) is 0 Å². The molecule has 16 nitrogen and oxygen atoms in total. The maximum atomic E-state index is 12.8. The predicted molar refractivity (Wildman–Crippen MR) is 298 cm³/mol. The van der Waals surface area contributed by atoms with Gasteiger partial charge in [-0.3, -0.25) is 32.5 Å². The number of hydrogen-bond donors (Lipinski definition) is 4. The maximum absolute atomic E-state index is 12.8. The summed E-state index contributed by atoms with van der Waals surface area (Å²) in [6, 6.07) is 0. The van der Waals surface area contributed by atoms with Gasteiger partial charge >= 0.3 is 33.6 Å². The number of aliphatic hydroxyl groups excluding tert-OH is 2. The molecule has 0 aromatic rings. The maximum Gasteiger partial charge on any atom is 0.472 e.